The Morgan fingerprint density at radius 1 is 1.40 bits per heavy atom. The molecule has 0 aromatic rings. The molecule has 3 N–H and O–H groups in total. The van der Waals surface area contributed by atoms with Crippen LogP contribution in [0.1, 0.15) is 6.42 Å². The van der Waals surface area contributed by atoms with Crippen LogP contribution in [0.5, 0.6) is 0 Å². The second-order valence-corrected chi connectivity index (χ2v) is 1.98. The van der Waals surface area contributed by atoms with E-state index in [-0.39, 0.29) is 13.0 Å². The Morgan fingerprint density at radius 2 is 1.70 bits per heavy atom. The summed E-state index contributed by atoms with van der Waals surface area (Å²) < 4.78 is 31.6. The monoisotopic (exact) mass is 169 g/mol. The first-order valence-electron chi connectivity index (χ1n) is 2.09. The molecule has 0 heterocycles. The fraction of sp³-hybridized carbons (Fsp3) is 0.667. The number of nitrogens with zero attached hydrogens (tertiary/aromatic N) is 1. The van der Waals surface area contributed by atoms with Crippen molar-refractivity contribution in [2.45, 2.75) is 6.42 Å². The van der Waals surface area contributed by atoms with Crippen molar-refractivity contribution < 1.29 is 22.6 Å². The van der Waals surface area contributed by atoms with Crippen LogP contribution in [0, 0.1) is 11.3 Å². The van der Waals surface area contributed by atoms with Gasteiger partial charge in [0.1, 0.15) is 0 Å². The Morgan fingerprint density at radius 3 is 1.70 bits per heavy atom. The van der Waals surface area contributed by atoms with Gasteiger partial charge in [-0.2, -0.15) is 13.7 Å². The zero-order valence-corrected chi connectivity index (χ0v) is 5.74. The summed E-state index contributed by atoms with van der Waals surface area (Å²) in [5.74, 6) is 0. The molecule has 0 radical (unpaired) electrons. The van der Waals surface area contributed by atoms with Crippen LogP contribution in [0.3, 0.4) is 0 Å². The minimum Gasteiger partial charge on any atom is -0.395 e. The third-order valence-electron chi connectivity index (χ3n) is 0.224. The normalized spacial score (nSPS) is 9.00. The van der Waals surface area contributed by atoms with Crippen LogP contribution in [-0.4, -0.2) is 29.2 Å². The predicted octanol–water partition coefficient (Wildman–Crippen LogP) is -0.760. The van der Waals surface area contributed by atoms with Gasteiger partial charge in [0.05, 0.1) is 19.1 Å². The van der Waals surface area contributed by atoms with Gasteiger partial charge in [-0.25, -0.2) is 0 Å². The number of hydrogen-bond donors (Lipinski definition) is 3. The van der Waals surface area contributed by atoms with E-state index in [0.29, 0.717) is 0 Å². The molecule has 0 bridgehead atoms. The van der Waals surface area contributed by atoms with Gasteiger partial charge in [0.15, 0.2) is 0 Å². The van der Waals surface area contributed by atoms with Crippen LogP contribution >= 0.6 is 0 Å². The van der Waals surface area contributed by atoms with Crippen molar-refractivity contribution in [3.05, 3.63) is 0 Å². The first-order chi connectivity index (χ1) is 4.41. The highest BCUT2D eigenvalue weighted by molar-refractivity contribution is 7.79. The molecule has 0 fully saturated rings. The predicted molar refractivity (Wildman–Crippen MR) is 31.5 cm³/mol. The SMILES string of the molecule is N#CCCO.O=S(=O)(O)O. The summed E-state index contributed by atoms with van der Waals surface area (Å²) in [6.07, 6.45) is 0.250. The molecule has 60 valence electrons. The van der Waals surface area contributed by atoms with Crippen molar-refractivity contribution >= 4 is 10.4 Å². The lowest BCUT2D eigenvalue weighted by atomic mass is 10.5. The van der Waals surface area contributed by atoms with Crippen LogP contribution in [0.25, 0.3) is 0 Å². The molecule has 0 aliphatic carbocycles. The molecule has 6 nitrogen and oxygen atoms in total. The Kier molecular flexibility index (Phi) is 7.75. The van der Waals surface area contributed by atoms with Gasteiger partial charge in [-0.05, 0) is 0 Å². The quantitative estimate of drug-likeness (QED) is 0.444. The number of aliphatic hydroxyl groups is 1. The maximum absolute atomic E-state index is 8.74. The maximum Gasteiger partial charge on any atom is 0.394 e. The highest BCUT2D eigenvalue weighted by atomic mass is 32.3. The molecule has 0 aromatic carbocycles. The van der Waals surface area contributed by atoms with Crippen LogP contribution < -0.4 is 0 Å². The molecule has 10 heavy (non-hydrogen) atoms. The summed E-state index contributed by atoms with van der Waals surface area (Å²) in [5, 5.41) is 15.5. The minimum absolute atomic E-state index is 0.0174. The van der Waals surface area contributed by atoms with Gasteiger partial charge in [0, 0.05) is 0 Å². The van der Waals surface area contributed by atoms with E-state index in [0.717, 1.165) is 0 Å². The van der Waals surface area contributed by atoms with E-state index in [1.807, 2.05) is 0 Å². The van der Waals surface area contributed by atoms with Crippen molar-refractivity contribution in [3.8, 4) is 6.07 Å². The standard InChI is InChI=1S/C3H5NO.H2O4S/c4-2-1-3-5;1-5(2,3)4/h5H,1,3H2;(H2,1,2,3,4). The van der Waals surface area contributed by atoms with Crippen LogP contribution in [0.15, 0.2) is 0 Å². The second kappa shape index (κ2) is 6.44. The molecule has 0 aromatic heterocycles. The molecule has 0 aliphatic rings. The summed E-state index contributed by atoms with van der Waals surface area (Å²) in [4.78, 5) is 0. The number of aliphatic hydroxyl groups excluding tert-OH is 1. The lowest BCUT2D eigenvalue weighted by Crippen LogP contribution is -1.89. The zero-order chi connectivity index (χ0) is 8.62. The molecular formula is C3H7NO5S. The highest BCUT2D eigenvalue weighted by Crippen LogP contribution is 1.62. The highest BCUT2D eigenvalue weighted by Gasteiger charge is 1.84. The van der Waals surface area contributed by atoms with E-state index in [4.69, 9.17) is 27.9 Å². The van der Waals surface area contributed by atoms with Crippen LogP contribution in [-0.2, 0) is 10.4 Å². The largest absolute Gasteiger partial charge is 0.395 e. The molecule has 0 saturated heterocycles. The number of nitriles is 1. The molecule has 0 rings (SSSR count). The van der Waals surface area contributed by atoms with Crippen molar-refractivity contribution in [1.82, 2.24) is 0 Å². The van der Waals surface area contributed by atoms with Gasteiger partial charge in [-0.15, -0.1) is 0 Å². The second-order valence-electron chi connectivity index (χ2n) is 1.08. The molecule has 0 amide bonds. The first kappa shape index (κ1) is 12.0. The summed E-state index contributed by atoms with van der Waals surface area (Å²) >= 11 is 0. The van der Waals surface area contributed by atoms with E-state index in [1.165, 1.54) is 0 Å². The lowest BCUT2D eigenvalue weighted by Gasteiger charge is -1.68. The van der Waals surface area contributed by atoms with Gasteiger partial charge in [0.2, 0.25) is 0 Å². The Hall–Kier alpha value is -0.680. The molecule has 0 aliphatic heterocycles. The third kappa shape index (κ3) is 168. The molecule has 0 spiro atoms. The van der Waals surface area contributed by atoms with E-state index in [2.05, 4.69) is 0 Å². The minimum atomic E-state index is -4.67. The fourth-order valence-corrected chi connectivity index (χ4v) is 0.0500. The zero-order valence-electron chi connectivity index (χ0n) is 4.93. The Bertz CT molecular complexity index is 181. The van der Waals surface area contributed by atoms with Crippen LogP contribution in [0.2, 0.25) is 0 Å². The van der Waals surface area contributed by atoms with Crippen molar-refractivity contribution in [2.24, 2.45) is 0 Å². The molecule has 0 atom stereocenters. The fourth-order valence-electron chi connectivity index (χ4n) is 0.0500. The number of hydrogen-bond acceptors (Lipinski definition) is 4. The smallest absolute Gasteiger partial charge is 0.394 e. The first-order valence-corrected chi connectivity index (χ1v) is 3.49. The van der Waals surface area contributed by atoms with Crippen molar-refractivity contribution in [3.63, 3.8) is 0 Å². The van der Waals surface area contributed by atoms with Crippen molar-refractivity contribution in [1.29, 1.82) is 5.26 Å². The Balaban J connectivity index is 0. The molecule has 7 heteroatoms. The summed E-state index contributed by atoms with van der Waals surface area (Å²) in [5.41, 5.74) is 0. The third-order valence-corrected chi connectivity index (χ3v) is 0.224. The van der Waals surface area contributed by atoms with E-state index < -0.39 is 10.4 Å². The Labute approximate surface area is 58.3 Å². The van der Waals surface area contributed by atoms with E-state index in [1.54, 1.807) is 6.07 Å². The average Bonchev–Trinajstić information content (AvgIpc) is 1.63. The van der Waals surface area contributed by atoms with Crippen LogP contribution in [0.4, 0.5) is 0 Å². The molecule has 0 unspecified atom stereocenters. The molecule has 0 saturated carbocycles. The maximum atomic E-state index is 8.74. The van der Waals surface area contributed by atoms with Gasteiger partial charge in [-0.1, -0.05) is 0 Å². The summed E-state index contributed by atoms with van der Waals surface area (Å²) in [6.45, 7) is -0.0174. The number of rotatable bonds is 1. The molecular weight excluding hydrogens is 162 g/mol. The van der Waals surface area contributed by atoms with E-state index in [9.17, 15) is 0 Å². The van der Waals surface area contributed by atoms with Gasteiger partial charge < -0.3 is 5.11 Å². The lowest BCUT2D eigenvalue weighted by molar-refractivity contribution is 0.304. The van der Waals surface area contributed by atoms with Crippen molar-refractivity contribution in [2.75, 3.05) is 6.61 Å². The van der Waals surface area contributed by atoms with Gasteiger partial charge in [-0.3, -0.25) is 9.11 Å². The topological polar surface area (TPSA) is 119 Å². The van der Waals surface area contributed by atoms with Gasteiger partial charge >= 0.3 is 10.4 Å². The average molecular weight is 169 g/mol. The summed E-state index contributed by atoms with van der Waals surface area (Å²) in [7, 11) is -4.67. The van der Waals surface area contributed by atoms with Gasteiger partial charge in [0.25, 0.3) is 0 Å². The summed E-state index contributed by atoms with van der Waals surface area (Å²) in [6, 6.07) is 1.77. The van der Waals surface area contributed by atoms with E-state index >= 15 is 0 Å².